The maximum Gasteiger partial charge on any atom is 0.115 e. The third-order valence-electron chi connectivity index (χ3n) is 5.62. The second-order valence-corrected chi connectivity index (χ2v) is 13.8. The molecule has 2 N–H and O–H groups in total. The quantitative estimate of drug-likeness (QED) is 0.628. The first-order chi connectivity index (χ1) is 11.2. The van der Waals surface area contributed by atoms with Crippen LogP contribution >= 0.6 is 0 Å². The van der Waals surface area contributed by atoms with Crippen molar-refractivity contribution >= 4 is 8.07 Å². The zero-order valence-electron chi connectivity index (χ0n) is 15.3. The average molecular weight is 343 g/mol. The van der Waals surface area contributed by atoms with E-state index in [1.807, 2.05) is 24.3 Å². The molecule has 2 aromatic carbocycles. The van der Waals surface area contributed by atoms with Gasteiger partial charge in [-0.25, -0.2) is 0 Å². The molecule has 0 radical (unpaired) electrons. The summed E-state index contributed by atoms with van der Waals surface area (Å²) < 4.78 is 0. The number of hydrogen-bond donors (Lipinski definition) is 2. The Kier molecular flexibility index (Phi) is 5.76. The van der Waals surface area contributed by atoms with Gasteiger partial charge in [0.25, 0.3) is 0 Å². The minimum Gasteiger partial charge on any atom is -0.508 e. The van der Waals surface area contributed by atoms with Crippen LogP contribution < -0.4 is 0 Å². The lowest BCUT2D eigenvalue weighted by Gasteiger charge is -2.40. The zero-order valence-corrected chi connectivity index (χ0v) is 16.3. The van der Waals surface area contributed by atoms with E-state index in [1.54, 1.807) is 24.3 Å². The Balaban J connectivity index is 1.94. The summed E-state index contributed by atoms with van der Waals surface area (Å²) in [7, 11) is -1.40. The Hall–Kier alpha value is -1.74. The summed E-state index contributed by atoms with van der Waals surface area (Å²) in [4.78, 5) is 0. The van der Waals surface area contributed by atoms with E-state index in [0.29, 0.717) is 16.5 Å². The van der Waals surface area contributed by atoms with Gasteiger partial charge in [-0.1, -0.05) is 63.7 Å². The first kappa shape index (κ1) is 18.6. The first-order valence-electron chi connectivity index (χ1n) is 8.75. The molecule has 0 saturated carbocycles. The SMILES string of the molecule is CC(C)(Cc1ccc(O)cc1)[Si](C)(C)CCCc1ccc(O)cc1. The Morgan fingerprint density at radius 3 is 1.75 bits per heavy atom. The van der Waals surface area contributed by atoms with E-state index < -0.39 is 8.07 Å². The van der Waals surface area contributed by atoms with Gasteiger partial charge in [0.2, 0.25) is 0 Å². The second kappa shape index (κ2) is 7.43. The predicted molar refractivity (Wildman–Crippen MR) is 105 cm³/mol. The average Bonchev–Trinajstić information content (AvgIpc) is 2.51. The molecular weight excluding hydrogens is 312 g/mol. The molecule has 0 unspecified atom stereocenters. The van der Waals surface area contributed by atoms with Crippen molar-refractivity contribution < 1.29 is 10.2 Å². The summed E-state index contributed by atoms with van der Waals surface area (Å²) in [6.07, 6.45) is 3.33. The highest BCUT2D eigenvalue weighted by Crippen LogP contribution is 2.43. The smallest absolute Gasteiger partial charge is 0.115 e. The maximum atomic E-state index is 9.45. The maximum absolute atomic E-state index is 9.45. The van der Waals surface area contributed by atoms with Gasteiger partial charge in [0.15, 0.2) is 0 Å². The summed E-state index contributed by atoms with van der Waals surface area (Å²) in [6.45, 7) is 9.77. The van der Waals surface area contributed by atoms with Crippen molar-refractivity contribution in [3.8, 4) is 11.5 Å². The molecule has 2 aromatic rings. The van der Waals surface area contributed by atoms with Gasteiger partial charge in [-0.3, -0.25) is 0 Å². The van der Waals surface area contributed by atoms with Gasteiger partial charge in [-0.2, -0.15) is 0 Å². The fourth-order valence-electron chi connectivity index (χ4n) is 3.10. The molecule has 0 fully saturated rings. The van der Waals surface area contributed by atoms with Gasteiger partial charge in [0.1, 0.15) is 11.5 Å². The van der Waals surface area contributed by atoms with Gasteiger partial charge in [0, 0.05) is 0 Å². The minimum atomic E-state index is -1.40. The van der Waals surface area contributed by atoms with E-state index in [4.69, 9.17) is 0 Å². The number of hydrogen-bond acceptors (Lipinski definition) is 2. The van der Waals surface area contributed by atoms with E-state index in [0.717, 1.165) is 12.8 Å². The van der Waals surface area contributed by atoms with Crippen molar-refractivity contribution in [2.75, 3.05) is 0 Å². The van der Waals surface area contributed by atoms with Crippen LogP contribution in [0.5, 0.6) is 11.5 Å². The number of rotatable bonds is 7. The van der Waals surface area contributed by atoms with Crippen LogP contribution in [0.3, 0.4) is 0 Å². The van der Waals surface area contributed by atoms with Crippen LogP contribution in [0.1, 0.15) is 31.4 Å². The molecule has 0 saturated heterocycles. The molecule has 0 aromatic heterocycles. The fourth-order valence-corrected chi connectivity index (χ4v) is 5.52. The zero-order chi connectivity index (χ0) is 17.8. The van der Waals surface area contributed by atoms with Crippen molar-refractivity contribution in [1.29, 1.82) is 0 Å². The number of benzene rings is 2. The van der Waals surface area contributed by atoms with E-state index >= 15 is 0 Å². The first-order valence-corrected chi connectivity index (χ1v) is 12.0. The second-order valence-electron chi connectivity index (χ2n) is 8.13. The van der Waals surface area contributed by atoms with E-state index in [2.05, 4.69) is 26.9 Å². The van der Waals surface area contributed by atoms with Crippen molar-refractivity contribution in [2.24, 2.45) is 0 Å². The predicted octanol–water partition coefficient (Wildman–Crippen LogP) is 5.76. The monoisotopic (exact) mass is 342 g/mol. The molecule has 0 aliphatic heterocycles. The molecule has 0 aliphatic carbocycles. The molecule has 0 atom stereocenters. The summed E-state index contributed by atoms with van der Waals surface area (Å²) in [5.41, 5.74) is 2.60. The molecular formula is C21H30O2Si. The van der Waals surface area contributed by atoms with Gasteiger partial charge in [0.05, 0.1) is 8.07 Å². The Bertz CT molecular complexity index is 643. The Morgan fingerprint density at radius 2 is 1.25 bits per heavy atom. The molecule has 0 aliphatic rings. The third-order valence-corrected chi connectivity index (χ3v) is 11.1. The standard InChI is InChI=1S/C21H30O2Si/c1-21(2,16-18-9-13-20(23)14-10-18)24(3,4)15-5-6-17-7-11-19(22)12-8-17/h7-14,22-23H,5-6,15-16H2,1-4H3. The van der Waals surface area contributed by atoms with Crippen LogP contribution in [0, 0.1) is 0 Å². The van der Waals surface area contributed by atoms with Crippen molar-refractivity contribution in [3.05, 3.63) is 59.7 Å². The van der Waals surface area contributed by atoms with Crippen molar-refractivity contribution in [1.82, 2.24) is 0 Å². The topological polar surface area (TPSA) is 40.5 Å². The molecule has 0 spiro atoms. The van der Waals surface area contributed by atoms with Crippen LogP contribution in [0.2, 0.25) is 24.2 Å². The van der Waals surface area contributed by atoms with Gasteiger partial charge in [-0.15, -0.1) is 0 Å². The number of phenolic OH excluding ortho intramolecular Hbond substituents is 2. The largest absolute Gasteiger partial charge is 0.508 e. The van der Waals surface area contributed by atoms with Crippen molar-refractivity contribution in [3.63, 3.8) is 0 Å². The van der Waals surface area contributed by atoms with E-state index in [1.165, 1.54) is 23.6 Å². The Labute approximate surface area is 147 Å². The number of aromatic hydroxyl groups is 2. The summed E-state index contributed by atoms with van der Waals surface area (Å²) in [5.74, 6) is 0.672. The van der Waals surface area contributed by atoms with Crippen molar-refractivity contribution in [2.45, 2.75) is 57.3 Å². The van der Waals surface area contributed by atoms with E-state index in [9.17, 15) is 10.2 Å². The van der Waals surface area contributed by atoms with Gasteiger partial charge < -0.3 is 10.2 Å². The van der Waals surface area contributed by atoms with Crippen LogP contribution in [-0.2, 0) is 12.8 Å². The molecule has 130 valence electrons. The van der Waals surface area contributed by atoms with Crippen LogP contribution in [0.25, 0.3) is 0 Å². The third kappa shape index (κ3) is 4.87. The molecule has 0 amide bonds. The lowest BCUT2D eigenvalue weighted by atomic mass is 10.0. The fraction of sp³-hybridized carbons (Fsp3) is 0.429. The molecule has 2 rings (SSSR count). The minimum absolute atomic E-state index is 0.304. The van der Waals surface area contributed by atoms with Crippen LogP contribution in [-0.4, -0.2) is 18.3 Å². The molecule has 2 nitrogen and oxygen atoms in total. The normalized spacial score (nSPS) is 12.3. The highest BCUT2D eigenvalue weighted by atomic mass is 28.3. The highest BCUT2D eigenvalue weighted by Gasteiger charge is 2.38. The highest BCUT2D eigenvalue weighted by molar-refractivity contribution is 6.80. The van der Waals surface area contributed by atoms with Gasteiger partial charge >= 0.3 is 0 Å². The number of aryl methyl sites for hydroxylation is 1. The van der Waals surface area contributed by atoms with Gasteiger partial charge in [-0.05, 0) is 53.3 Å². The lowest BCUT2D eigenvalue weighted by Crippen LogP contribution is -2.40. The molecule has 24 heavy (non-hydrogen) atoms. The summed E-state index contributed by atoms with van der Waals surface area (Å²) in [5, 5.41) is 19.1. The molecule has 3 heteroatoms. The summed E-state index contributed by atoms with van der Waals surface area (Å²) >= 11 is 0. The number of phenols is 2. The molecule has 0 heterocycles. The van der Waals surface area contributed by atoms with E-state index in [-0.39, 0.29) is 0 Å². The molecule has 0 bridgehead atoms. The lowest BCUT2D eigenvalue weighted by molar-refractivity contribution is 0.474. The van der Waals surface area contributed by atoms with Crippen LogP contribution in [0.15, 0.2) is 48.5 Å². The Morgan fingerprint density at radius 1 is 0.792 bits per heavy atom. The van der Waals surface area contributed by atoms with Crippen LogP contribution in [0.4, 0.5) is 0 Å². The summed E-state index contributed by atoms with van der Waals surface area (Å²) in [6, 6.07) is 16.5.